The maximum Gasteiger partial charge on any atom is 0.341 e. The first-order chi connectivity index (χ1) is 11.1. The predicted molar refractivity (Wildman–Crippen MR) is 86.9 cm³/mol. The standard InChI is InChI=1S/C16H20N2O4S/c1-11(2)22-16(20)13-3-4-18-12(10-23-15(13)18)9-14(19)17-5-7-21-8-6-17/h3-4,10-11H,5-9H2,1-2H3. The van der Waals surface area contributed by atoms with Crippen LogP contribution < -0.4 is 0 Å². The smallest absolute Gasteiger partial charge is 0.341 e. The van der Waals surface area contributed by atoms with Crippen LogP contribution >= 0.6 is 11.3 Å². The van der Waals surface area contributed by atoms with Crippen LogP contribution in [0, 0.1) is 0 Å². The summed E-state index contributed by atoms with van der Waals surface area (Å²) in [6, 6.07) is 1.75. The minimum absolute atomic E-state index is 0.0907. The first-order valence-corrected chi connectivity index (χ1v) is 8.58. The van der Waals surface area contributed by atoms with E-state index in [1.807, 2.05) is 34.7 Å². The molecule has 0 bridgehead atoms. The van der Waals surface area contributed by atoms with E-state index in [1.54, 1.807) is 6.07 Å². The van der Waals surface area contributed by atoms with Crippen LogP contribution in [0.25, 0.3) is 4.83 Å². The average Bonchev–Trinajstić information content (AvgIpc) is 3.10. The molecule has 2 aromatic rings. The number of ether oxygens (including phenoxy) is 2. The van der Waals surface area contributed by atoms with Crippen LogP contribution in [-0.4, -0.2) is 53.6 Å². The highest BCUT2D eigenvalue weighted by Crippen LogP contribution is 2.24. The van der Waals surface area contributed by atoms with Crippen LogP contribution in [0.15, 0.2) is 17.6 Å². The average molecular weight is 336 g/mol. The Morgan fingerprint density at radius 3 is 2.78 bits per heavy atom. The van der Waals surface area contributed by atoms with Gasteiger partial charge < -0.3 is 18.8 Å². The molecule has 124 valence electrons. The topological polar surface area (TPSA) is 60.2 Å². The molecule has 1 saturated heterocycles. The number of carbonyl (C=O) groups is 2. The zero-order valence-electron chi connectivity index (χ0n) is 13.3. The van der Waals surface area contributed by atoms with E-state index in [9.17, 15) is 9.59 Å². The third-order valence-electron chi connectivity index (χ3n) is 3.71. The molecule has 7 heteroatoms. The Labute approximate surface area is 138 Å². The Kier molecular flexibility index (Phi) is 4.68. The van der Waals surface area contributed by atoms with E-state index in [0.29, 0.717) is 38.3 Å². The second-order valence-corrected chi connectivity index (χ2v) is 6.61. The molecule has 1 aliphatic rings. The van der Waals surface area contributed by atoms with Crippen molar-refractivity contribution in [1.29, 1.82) is 0 Å². The monoisotopic (exact) mass is 336 g/mol. The van der Waals surface area contributed by atoms with Crippen molar-refractivity contribution in [2.45, 2.75) is 26.4 Å². The SMILES string of the molecule is CC(C)OC(=O)c1ccn2c(CC(=O)N3CCOCC3)csc12. The second-order valence-electron chi connectivity index (χ2n) is 5.76. The molecule has 23 heavy (non-hydrogen) atoms. The molecule has 0 aromatic carbocycles. The molecule has 2 aromatic heterocycles. The maximum absolute atomic E-state index is 12.4. The summed E-state index contributed by atoms with van der Waals surface area (Å²) in [5, 5.41) is 1.93. The van der Waals surface area contributed by atoms with Crippen LogP contribution in [-0.2, 0) is 20.7 Å². The van der Waals surface area contributed by atoms with Gasteiger partial charge >= 0.3 is 5.97 Å². The number of hydrogen-bond acceptors (Lipinski definition) is 5. The fourth-order valence-electron chi connectivity index (χ4n) is 2.58. The second kappa shape index (κ2) is 6.72. The lowest BCUT2D eigenvalue weighted by molar-refractivity contribution is -0.134. The number of thiazole rings is 1. The molecule has 1 fully saturated rings. The number of fused-ring (bicyclic) bond motifs is 1. The molecule has 0 saturated carbocycles. The van der Waals surface area contributed by atoms with Crippen molar-refractivity contribution in [1.82, 2.24) is 9.30 Å². The molecule has 6 nitrogen and oxygen atoms in total. The number of morpholine rings is 1. The quantitative estimate of drug-likeness (QED) is 0.801. The number of carbonyl (C=O) groups excluding carboxylic acids is 2. The number of esters is 1. The van der Waals surface area contributed by atoms with Crippen LogP contribution in [0.5, 0.6) is 0 Å². The number of rotatable bonds is 4. The first kappa shape index (κ1) is 16.0. The Morgan fingerprint density at radius 1 is 1.35 bits per heavy atom. The Bertz CT molecular complexity index is 713. The van der Waals surface area contributed by atoms with Crippen molar-refractivity contribution in [2.24, 2.45) is 0 Å². The van der Waals surface area contributed by atoms with Crippen molar-refractivity contribution < 1.29 is 19.1 Å². The minimum atomic E-state index is -0.324. The van der Waals surface area contributed by atoms with E-state index in [4.69, 9.17) is 9.47 Å². The zero-order valence-corrected chi connectivity index (χ0v) is 14.1. The summed E-state index contributed by atoms with van der Waals surface area (Å²) >= 11 is 1.46. The lowest BCUT2D eigenvalue weighted by Crippen LogP contribution is -2.41. The molecular weight excluding hydrogens is 316 g/mol. The van der Waals surface area contributed by atoms with E-state index < -0.39 is 0 Å². The van der Waals surface area contributed by atoms with Gasteiger partial charge in [-0.1, -0.05) is 0 Å². The molecular formula is C16H20N2O4S. The van der Waals surface area contributed by atoms with Gasteiger partial charge in [-0.3, -0.25) is 4.79 Å². The van der Waals surface area contributed by atoms with E-state index >= 15 is 0 Å². The third kappa shape index (κ3) is 3.40. The van der Waals surface area contributed by atoms with Gasteiger partial charge in [0.15, 0.2) is 0 Å². The predicted octanol–water partition coefficient (Wildman–Crippen LogP) is 1.97. The summed E-state index contributed by atoms with van der Waals surface area (Å²) in [5.74, 6) is -0.233. The van der Waals surface area contributed by atoms with Crippen LogP contribution in [0.1, 0.15) is 29.9 Å². The highest BCUT2D eigenvalue weighted by Gasteiger charge is 2.21. The van der Waals surface area contributed by atoms with Gasteiger partial charge in [-0.2, -0.15) is 0 Å². The highest BCUT2D eigenvalue weighted by molar-refractivity contribution is 7.16. The molecule has 0 N–H and O–H groups in total. The van der Waals surface area contributed by atoms with Gasteiger partial charge in [-0.05, 0) is 19.9 Å². The fraction of sp³-hybridized carbons (Fsp3) is 0.500. The minimum Gasteiger partial charge on any atom is -0.459 e. The summed E-state index contributed by atoms with van der Waals surface area (Å²) in [6.45, 7) is 6.13. The summed E-state index contributed by atoms with van der Waals surface area (Å²) < 4.78 is 12.4. The molecule has 0 radical (unpaired) electrons. The van der Waals surface area contributed by atoms with Gasteiger partial charge in [0, 0.05) is 30.4 Å². The Morgan fingerprint density at radius 2 is 2.09 bits per heavy atom. The molecule has 3 rings (SSSR count). The Hall–Kier alpha value is -1.86. The fourth-order valence-corrected chi connectivity index (χ4v) is 3.60. The van der Waals surface area contributed by atoms with Crippen molar-refractivity contribution in [3.63, 3.8) is 0 Å². The molecule has 3 heterocycles. The van der Waals surface area contributed by atoms with Crippen LogP contribution in [0.3, 0.4) is 0 Å². The van der Waals surface area contributed by atoms with Crippen molar-refractivity contribution in [3.8, 4) is 0 Å². The number of nitrogens with zero attached hydrogens (tertiary/aromatic N) is 2. The number of aromatic nitrogens is 1. The summed E-state index contributed by atoms with van der Waals surface area (Å²) in [6.07, 6.45) is 2.00. The normalized spacial score (nSPS) is 15.3. The summed E-state index contributed by atoms with van der Waals surface area (Å²) in [4.78, 5) is 27.1. The van der Waals surface area contributed by atoms with Crippen molar-refractivity contribution in [3.05, 3.63) is 28.9 Å². The molecule has 0 unspecified atom stereocenters. The van der Waals surface area contributed by atoms with Crippen LogP contribution in [0.4, 0.5) is 0 Å². The van der Waals surface area contributed by atoms with Gasteiger partial charge in [0.05, 0.1) is 31.3 Å². The first-order valence-electron chi connectivity index (χ1n) is 7.70. The molecule has 1 amide bonds. The molecule has 0 spiro atoms. The number of hydrogen-bond donors (Lipinski definition) is 0. The van der Waals surface area contributed by atoms with Crippen molar-refractivity contribution >= 4 is 28.0 Å². The van der Waals surface area contributed by atoms with Gasteiger partial charge in [-0.15, -0.1) is 11.3 Å². The lowest BCUT2D eigenvalue weighted by Gasteiger charge is -2.26. The van der Waals surface area contributed by atoms with E-state index in [2.05, 4.69) is 0 Å². The van der Waals surface area contributed by atoms with Crippen LogP contribution in [0.2, 0.25) is 0 Å². The maximum atomic E-state index is 12.4. The molecule has 0 aliphatic carbocycles. The van der Waals surface area contributed by atoms with E-state index in [-0.39, 0.29) is 18.0 Å². The Balaban J connectivity index is 1.76. The number of amides is 1. The van der Waals surface area contributed by atoms with Gasteiger partial charge in [0.2, 0.25) is 5.91 Å². The van der Waals surface area contributed by atoms with E-state index in [0.717, 1.165) is 10.5 Å². The van der Waals surface area contributed by atoms with Gasteiger partial charge in [0.25, 0.3) is 0 Å². The van der Waals surface area contributed by atoms with Gasteiger partial charge in [-0.25, -0.2) is 4.79 Å². The lowest BCUT2D eigenvalue weighted by atomic mass is 10.3. The molecule has 1 aliphatic heterocycles. The summed E-state index contributed by atoms with van der Waals surface area (Å²) in [5.41, 5.74) is 1.44. The zero-order chi connectivity index (χ0) is 16.4. The largest absolute Gasteiger partial charge is 0.459 e. The third-order valence-corrected chi connectivity index (χ3v) is 4.74. The summed E-state index contributed by atoms with van der Waals surface area (Å²) in [7, 11) is 0. The molecule has 0 atom stereocenters. The highest BCUT2D eigenvalue weighted by atomic mass is 32.1. The van der Waals surface area contributed by atoms with E-state index in [1.165, 1.54) is 11.3 Å². The van der Waals surface area contributed by atoms with Crippen molar-refractivity contribution in [2.75, 3.05) is 26.3 Å². The van der Waals surface area contributed by atoms with Gasteiger partial charge in [0.1, 0.15) is 4.83 Å².